The lowest BCUT2D eigenvalue weighted by molar-refractivity contribution is 0.354. The molecule has 0 spiro atoms. The van der Waals surface area contributed by atoms with E-state index >= 15 is 0 Å². The first-order valence-corrected chi connectivity index (χ1v) is 6.07. The molecular formula is C15H16FNO3. The first-order chi connectivity index (χ1) is 9.63. The van der Waals surface area contributed by atoms with Crippen molar-refractivity contribution in [1.82, 2.24) is 0 Å². The molecule has 2 rings (SSSR count). The Balaban J connectivity index is 2.08. The maximum absolute atomic E-state index is 13.2. The Hall–Kier alpha value is -2.43. The SMILES string of the molecule is COc1ccc(CNc2ccc(O)c(F)c2)cc1OC. The van der Waals surface area contributed by atoms with Crippen molar-refractivity contribution in [2.45, 2.75) is 6.54 Å². The summed E-state index contributed by atoms with van der Waals surface area (Å²) in [6.45, 7) is 0.505. The van der Waals surface area contributed by atoms with Crippen LogP contribution in [0.3, 0.4) is 0 Å². The van der Waals surface area contributed by atoms with Gasteiger partial charge in [-0.15, -0.1) is 0 Å². The number of hydrogen-bond acceptors (Lipinski definition) is 4. The smallest absolute Gasteiger partial charge is 0.166 e. The quantitative estimate of drug-likeness (QED) is 0.824. The molecule has 2 N–H and O–H groups in total. The van der Waals surface area contributed by atoms with Crippen molar-refractivity contribution >= 4 is 5.69 Å². The van der Waals surface area contributed by atoms with Crippen molar-refractivity contribution in [3.05, 3.63) is 47.8 Å². The Morgan fingerprint density at radius 2 is 1.80 bits per heavy atom. The van der Waals surface area contributed by atoms with Crippen LogP contribution in [0, 0.1) is 5.82 Å². The molecule has 0 fully saturated rings. The van der Waals surface area contributed by atoms with Gasteiger partial charge in [0.15, 0.2) is 23.1 Å². The summed E-state index contributed by atoms with van der Waals surface area (Å²) in [5.74, 6) is 0.291. The summed E-state index contributed by atoms with van der Waals surface area (Å²) in [4.78, 5) is 0. The number of halogens is 1. The van der Waals surface area contributed by atoms with Gasteiger partial charge < -0.3 is 19.9 Å². The van der Waals surface area contributed by atoms with E-state index in [1.165, 1.54) is 12.1 Å². The Morgan fingerprint density at radius 1 is 1.05 bits per heavy atom. The van der Waals surface area contributed by atoms with Crippen LogP contribution in [-0.2, 0) is 6.54 Å². The summed E-state index contributed by atoms with van der Waals surface area (Å²) in [7, 11) is 3.15. The highest BCUT2D eigenvalue weighted by Crippen LogP contribution is 2.28. The molecule has 0 aliphatic rings. The number of phenolic OH excluding ortho intramolecular Hbond substituents is 1. The van der Waals surface area contributed by atoms with Crippen LogP contribution in [-0.4, -0.2) is 19.3 Å². The van der Waals surface area contributed by atoms with Crippen molar-refractivity contribution in [2.75, 3.05) is 19.5 Å². The van der Waals surface area contributed by atoms with Crippen LogP contribution in [0.15, 0.2) is 36.4 Å². The van der Waals surface area contributed by atoms with E-state index in [1.54, 1.807) is 20.3 Å². The first-order valence-electron chi connectivity index (χ1n) is 6.07. The minimum absolute atomic E-state index is 0.360. The zero-order chi connectivity index (χ0) is 14.5. The second-order valence-corrected chi connectivity index (χ2v) is 4.21. The molecule has 5 heteroatoms. The fourth-order valence-corrected chi connectivity index (χ4v) is 1.81. The van der Waals surface area contributed by atoms with Crippen LogP contribution in [0.25, 0.3) is 0 Å². The van der Waals surface area contributed by atoms with Crippen LogP contribution in [0.2, 0.25) is 0 Å². The third-order valence-electron chi connectivity index (χ3n) is 2.89. The molecule has 20 heavy (non-hydrogen) atoms. The van der Waals surface area contributed by atoms with E-state index < -0.39 is 5.82 Å². The van der Waals surface area contributed by atoms with Crippen molar-refractivity contribution in [1.29, 1.82) is 0 Å². The lowest BCUT2D eigenvalue weighted by Gasteiger charge is -2.11. The summed E-state index contributed by atoms with van der Waals surface area (Å²) < 4.78 is 23.6. The molecule has 2 aromatic rings. The van der Waals surface area contributed by atoms with Crippen molar-refractivity contribution in [2.24, 2.45) is 0 Å². The second kappa shape index (κ2) is 6.14. The molecule has 0 saturated heterocycles. The third-order valence-corrected chi connectivity index (χ3v) is 2.89. The Morgan fingerprint density at radius 3 is 2.45 bits per heavy atom. The first kappa shape index (κ1) is 14.0. The molecule has 0 bridgehead atoms. The van der Waals surface area contributed by atoms with E-state index in [2.05, 4.69) is 5.32 Å². The molecule has 0 radical (unpaired) electrons. The van der Waals surface area contributed by atoms with Gasteiger partial charge in [0.1, 0.15) is 0 Å². The second-order valence-electron chi connectivity index (χ2n) is 4.21. The zero-order valence-corrected chi connectivity index (χ0v) is 11.3. The number of benzene rings is 2. The molecule has 0 atom stereocenters. The summed E-state index contributed by atoms with van der Waals surface area (Å²) in [6.07, 6.45) is 0. The van der Waals surface area contributed by atoms with E-state index in [9.17, 15) is 4.39 Å². The van der Waals surface area contributed by atoms with Gasteiger partial charge >= 0.3 is 0 Å². The van der Waals surface area contributed by atoms with Crippen molar-refractivity contribution in [3.63, 3.8) is 0 Å². The van der Waals surface area contributed by atoms with Gasteiger partial charge in [0.25, 0.3) is 0 Å². The van der Waals surface area contributed by atoms with Gasteiger partial charge in [0.05, 0.1) is 14.2 Å². The number of hydrogen-bond donors (Lipinski definition) is 2. The number of anilines is 1. The average Bonchev–Trinajstić information content (AvgIpc) is 2.48. The number of nitrogens with one attached hydrogen (secondary N) is 1. The van der Waals surface area contributed by atoms with E-state index in [-0.39, 0.29) is 5.75 Å². The van der Waals surface area contributed by atoms with E-state index in [0.29, 0.717) is 23.7 Å². The fraction of sp³-hybridized carbons (Fsp3) is 0.200. The molecule has 0 unspecified atom stereocenters. The lowest BCUT2D eigenvalue weighted by Crippen LogP contribution is -2.00. The molecule has 106 valence electrons. The summed E-state index contributed by atoms with van der Waals surface area (Å²) in [5.41, 5.74) is 1.56. The minimum atomic E-state index is -0.651. The molecule has 4 nitrogen and oxygen atoms in total. The average molecular weight is 277 g/mol. The molecule has 2 aromatic carbocycles. The predicted octanol–water partition coefficient (Wildman–Crippen LogP) is 3.16. The standard InChI is InChI=1S/C15H16FNO3/c1-19-14-6-3-10(7-15(14)20-2)9-17-11-4-5-13(18)12(16)8-11/h3-8,17-18H,9H2,1-2H3. The third kappa shape index (κ3) is 3.12. The number of ether oxygens (including phenoxy) is 2. The molecule has 0 aliphatic heterocycles. The monoisotopic (exact) mass is 277 g/mol. The highest BCUT2D eigenvalue weighted by atomic mass is 19.1. The van der Waals surface area contributed by atoms with Crippen LogP contribution in [0.5, 0.6) is 17.2 Å². The van der Waals surface area contributed by atoms with E-state index in [0.717, 1.165) is 5.56 Å². The maximum atomic E-state index is 13.2. The minimum Gasteiger partial charge on any atom is -0.505 e. The van der Waals surface area contributed by atoms with Crippen molar-refractivity contribution < 1.29 is 19.0 Å². The molecule has 0 heterocycles. The molecule has 0 saturated carbocycles. The molecule has 0 amide bonds. The number of methoxy groups -OCH3 is 2. The van der Waals surface area contributed by atoms with Gasteiger partial charge in [-0.05, 0) is 29.8 Å². The zero-order valence-electron chi connectivity index (χ0n) is 11.3. The van der Waals surface area contributed by atoms with Crippen LogP contribution < -0.4 is 14.8 Å². The van der Waals surface area contributed by atoms with Crippen molar-refractivity contribution in [3.8, 4) is 17.2 Å². The summed E-state index contributed by atoms with van der Waals surface area (Å²) >= 11 is 0. The van der Waals surface area contributed by atoms with E-state index in [1.807, 2.05) is 18.2 Å². The summed E-state index contributed by atoms with van der Waals surface area (Å²) in [6, 6.07) is 9.72. The van der Waals surface area contributed by atoms with Gasteiger partial charge in [0, 0.05) is 18.3 Å². The number of rotatable bonds is 5. The largest absolute Gasteiger partial charge is 0.505 e. The highest BCUT2D eigenvalue weighted by Gasteiger charge is 2.05. The predicted molar refractivity (Wildman–Crippen MR) is 74.9 cm³/mol. The number of phenols is 1. The topological polar surface area (TPSA) is 50.7 Å². The molecule has 0 aliphatic carbocycles. The Bertz CT molecular complexity index is 602. The normalized spacial score (nSPS) is 10.2. The molecule has 0 aromatic heterocycles. The van der Waals surface area contributed by atoms with Crippen LogP contribution in [0.1, 0.15) is 5.56 Å². The van der Waals surface area contributed by atoms with Gasteiger partial charge in [-0.1, -0.05) is 6.07 Å². The van der Waals surface area contributed by atoms with Gasteiger partial charge in [-0.25, -0.2) is 4.39 Å². The Kier molecular flexibility index (Phi) is 4.30. The maximum Gasteiger partial charge on any atom is 0.166 e. The summed E-state index contributed by atoms with van der Waals surface area (Å²) in [5, 5.41) is 12.2. The lowest BCUT2D eigenvalue weighted by atomic mass is 10.2. The van der Waals surface area contributed by atoms with Gasteiger partial charge in [0.2, 0.25) is 0 Å². The van der Waals surface area contributed by atoms with E-state index in [4.69, 9.17) is 14.6 Å². The molecular weight excluding hydrogens is 261 g/mol. The van der Waals surface area contributed by atoms with Crippen LogP contribution in [0.4, 0.5) is 10.1 Å². The highest BCUT2D eigenvalue weighted by molar-refractivity contribution is 5.48. The van der Waals surface area contributed by atoms with Gasteiger partial charge in [-0.2, -0.15) is 0 Å². The van der Waals surface area contributed by atoms with Gasteiger partial charge in [-0.3, -0.25) is 0 Å². The van der Waals surface area contributed by atoms with Crippen LogP contribution >= 0.6 is 0 Å². The Labute approximate surface area is 116 Å². The fourth-order valence-electron chi connectivity index (χ4n) is 1.81. The number of aromatic hydroxyl groups is 1.